The van der Waals surface area contributed by atoms with Gasteiger partial charge >= 0.3 is 0 Å². The monoisotopic (exact) mass is 218 g/mol. The maximum Gasteiger partial charge on any atom is 0.0602 e. The molecule has 2 rings (SSSR count). The molecule has 0 radical (unpaired) electrons. The van der Waals surface area contributed by atoms with E-state index in [1.165, 1.54) is 37.1 Å². The number of nitrogens with two attached hydrogens (primary N) is 1. The fourth-order valence-electron chi connectivity index (χ4n) is 2.33. The third-order valence-electron chi connectivity index (χ3n) is 3.73. The third-order valence-corrected chi connectivity index (χ3v) is 3.73. The molecule has 0 aromatic heterocycles. The van der Waals surface area contributed by atoms with Crippen molar-refractivity contribution in [3.63, 3.8) is 0 Å². The van der Waals surface area contributed by atoms with Crippen molar-refractivity contribution in [1.82, 2.24) is 0 Å². The number of hydrogen-bond donors (Lipinski definition) is 1. The minimum atomic E-state index is 0.889. The molecule has 2 heteroatoms. The second-order valence-electron chi connectivity index (χ2n) is 4.84. The first-order chi connectivity index (χ1) is 7.72. The fraction of sp³-hybridized carbons (Fsp3) is 0.571. The first kappa shape index (κ1) is 11.3. The lowest BCUT2D eigenvalue weighted by Gasteiger charge is -2.34. The number of nitrogens with zero attached hydrogens (tertiary/aromatic N) is 1. The molecule has 1 aliphatic rings. The molecule has 1 aliphatic carbocycles. The number of hydrogen-bond acceptors (Lipinski definition) is 2. The lowest BCUT2D eigenvalue weighted by Crippen LogP contribution is -2.32. The molecule has 0 saturated heterocycles. The second-order valence-corrected chi connectivity index (χ2v) is 4.84. The average molecular weight is 218 g/mol. The summed E-state index contributed by atoms with van der Waals surface area (Å²) in [5, 5.41) is 0. The summed E-state index contributed by atoms with van der Waals surface area (Å²) >= 11 is 0. The lowest BCUT2D eigenvalue weighted by atomic mass is 9.85. The standard InChI is InChI=1S/C14H22N2/c1-3-16(10-12-7-5-8-12)13-9-4-6-11(2)14(13)15/h4,6,9,12H,3,5,7-8,10,15H2,1-2H3. The van der Waals surface area contributed by atoms with Gasteiger partial charge in [0.1, 0.15) is 0 Å². The van der Waals surface area contributed by atoms with Gasteiger partial charge < -0.3 is 10.6 Å². The molecule has 2 N–H and O–H groups in total. The van der Waals surface area contributed by atoms with E-state index in [9.17, 15) is 0 Å². The van der Waals surface area contributed by atoms with E-state index < -0.39 is 0 Å². The van der Waals surface area contributed by atoms with Crippen molar-refractivity contribution in [2.45, 2.75) is 33.1 Å². The summed E-state index contributed by atoms with van der Waals surface area (Å²) < 4.78 is 0. The van der Waals surface area contributed by atoms with E-state index in [0.717, 1.165) is 18.2 Å². The summed E-state index contributed by atoms with van der Waals surface area (Å²) in [7, 11) is 0. The predicted molar refractivity (Wildman–Crippen MR) is 70.8 cm³/mol. The van der Waals surface area contributed by atoms with E-state index >= 15 is 0 Å². The number of aryl methyl sites for hydroxylation is 1. The van der Waals surface area contributed by atoms with Crippen LogP contribution in [-0.4, -0.2) is 13.1 Å². The van der Waals surface area contributed by atoms with Crippen LogP contribution in [0.3, 0.4) is 0 Å². The largest absolute Gasteiger partial charge is 0.397 e. The van der Waals surface area contributed by atoms with Gasteiger partial charge in [-0.25, -0.2) is 0 Å². The molecule has 1 aromatic rings. The zero-order valence-corrected chi connectivity index (χ0v) is 10.4. The molecule has 0 aliphatic heterocycles. The maximum atomic E-state index is 6.15. The molecule has 0 amide bonds. The van der Waals surface area contributed by atoms with E-state index in [4.69, 9.17) is 5.73 Å². The van der Waals surface area contributed by atoms with Crippen molar-refractivity contribution in [2.24, 2.45) is 5.92 Å². The van der Waals surface area contributed by atoms with Crippen molar-refractivity contribution in [2.75, 3.05) is 23.7 Å². The Labute approximate surface area is 98.4 Å². The van der Waals surface area contributed by atoms with E-state index in [2.05, 4.69) is 36.9 Å². The fourth-order valence-corrected chi connectivity index (χ4v) is 2.33. The minimum absolute atomic E-state index is 0.889. The first-order valence-corrected chi connectivity index (χ1v) is 6.32. The topological polar surface area (TPSA) is 29.3 Å². The Kier molecular flexibility index (Phi) is 3.37. The Bertz CT molecular complexity index is 356. The van der Waals surface area contributed by atoms with E-state index in [0.29, 0.717) is 0 Å². The van der Waals surface area contributed by atoms with E-state index in [1.54, 1.807) is 0 Å². The van der Waals surface area contributed by atoms with Crippen LogP contribution in [0.2, 0.25) is 0 Å². The van der Waals surface area contributed by atoms with E-state index in [-0.39, 0.29) is 0 Å². The third kappa shape index (κ3) is 2.16. The van der Waals surface area contributed by atoms with Crippen LogP contribution in [0.15, 0.2) is 18.2 Å². The second kappa shape index (κ2) is 4.77. The van der Waals surface area contributed by atoms with Gasteiger partial charge in [-0.05, 0) is 44.2 Å². The van der Waals surface area contributed by atoms with Crippen molar-refractivity contribution < 1.29 is 0 Å². The van der Waals surface area contributed by atoms with Gasteiger partial charge in [0.15, 0.2) is 0 Å². The molecule has 0 spiro atoms. The molecule has 0 atom stereocenters. The molecular weight excluding hydrogens is 196 g/mol. The summed E-state index contributed by atoms with van der Waals surface area (Å²) in [4.78, 5) is 2.42. The zero-order valence-electron chi connectivity index (χ0n) is 10.4. The highest BCUT2D eigenvalue weighted by molar-refractivity contribution is 5.70. The normalized spacial score (nSPS) is 15.9. The van der Waals surface area contributed by atoms with Gasteiger partial charge in [-0.2, -0.15) is 0 Å². The number of nitrogen functional groups attached to an aromatic ring is 1. The van der Waals surface area contributed by atoms with Gasteiger partial charge in [-0.15, -0.1) is 0 Å². The molecule has 0 unspecified atom stereocenters. The van der Waals surface area contributed by atoms with Gasteiger partial charge in [-0.3, -0.25) is 0 Å². The maximum absolute atomic E-state index is 6.15. The first-order valence-electron chi connectivity index (χ1n) is 6.32. The zero-order chi connectivity index (χ0) is 11.5. The van der Waals surface area contributed by atoms with Crippen molar-refractivity contribution in [1.29, 1.82) is 0 Å². The van der Waals surface area contributed by atoms with Gasteiger partial charge in [0.25, 0.3) is 0 Å². The number of anilines is 2. The Morgan fingerprint density at radius 1 is 1.38 bits per heavy atom. The quantitative estimate of drug-likeness (QED) is 0.786. The van der Waals surface area contributed by atoms with Crippen LogP contribution in [0.4, 0.5) is 11.4 Å². The van der Waals surface area contributed by atoms with Crippen LogP contribution in [0.5, 0.6) is 0 Å². The van der Waals surface area contributed by atoms with Gasteiger partial charge in [0.2, 0.25) is 0 Å². The van der Waals surface area contributed by atoms with Gasteiger partial charge in [0, 0.05) is 13.1 Å². The van der Waals surface area contributed by atoms with Crippen molar-refractivity contribution in [3.8, 4) is 0 Å². The molecular formula is C14H22N2. The van der Waals surface area contributed by atoms with Crippen LogP contribution in [0.1, 0.15) is 31.7 Å². The highest BCUT2D eigenvalue weighted by Crippen LogP contribution is 2.31. The summed E-state index contributed by atoms with van der Waals surface area (Å²) in [6.45, 7) is 6.50. The van der Waals surface area contributed by atoms with Gasteiger partial charge in [-0.1, -0.05) is 18.6 Å². The smallest absolute Gasteiger partial charge is 0.0602 e. The van der Waals surface area contributed by atoms with Crippen molar-refractivity contribution in [3.05, 3.63) is 23.8 Å². The molecule has 2 nitrogen and oxygen atoms in total. The van der Waals surface area contributed by atoms with Gasteiger partial charge in [0.05, 0.1) is 11.4 Å². The lowest BCUT2D eigenvalue weighted by molar-refractivity contribution is 0.318. The average Bonchev–Trinajstić information content (AvgIpc) is 2.22. The van der Waals surface area contributed by atoms with E-state index in [1.807, 2.05) is 0 Å². The summed E-state index contributed by atoms with van der Waals surface area (Å²) in [6, 6.07) is 6.32. The predicted octanol–water partition coefficient (Wildman–Crippen LogP) is 3.20. The molecule has 0 bridgehead atoms. The van der Waals surface area contributed by atoms with Crippen LogP contribution in [-0.2, 0) is 0 Å². The SMILES string of the molecule is CCN(CC1CCC1)c1cccc(C)c1N. The summed E-state index contributed by atoms with van der Waals surface area (Å²) in [5.74, 6) is 0.889. The molecule has 88 valence electrons. The number of para-hydroxylation sites is 1. The van der Waals surface area contributed by atoms with Crippen LogP contribution >= 0.6 is 0 Å². The Morgan fingerprint density at radius 2 is 2.12 bits per heavy atom. The summed E-state index contributed by atoms with van der Waals surface area (Å²) in [6.07, 6.45) is 4.19. The van der Waals surface area contributed by atoms with Crippen LogP contribution in [0, 0.1) is 12.8 Å². The summed E-state index contributed by atoms with van der Waals surface area (Å²) in [5.41, 5.74) is 9.50. The Balaban J connectivity index is 2.15. The van der Waals surface area contributed by atoms with Crippen molar-refractivity contribution >= 4 is 11.4 Å². The molecule has 0 heterocycles. The van der Waals surface area contributed by atoms with Crippen LogP contribution < -0.4 is 10.6 Å². The molecule has 1 fully saturated rings. The Hall–Kier alpha value is -1.18. The number of benzene rings is 1. The molecule has 1 saturated carbocycles. The number of rotatable bonds is 4. The van der Waals surface area contributed by atoms with Crippen LogP contribution in [0.25, 0.3) is 0 Å². The molecule has 1 aromatic carbocycles. The highest BCUT2D eigenvalue weighted by atomic mass is 15.1. The minimum Gasteiger partial charge on any atom is -0.397 e. The Morgan fingerprint density at radius 3 is 2.69 bits per heavy atom. The highest BCUT2D eigenvalue weighted by Gasteiger charge is 2.21. The molecule has 16 heavy (non-hydrogen) atoms.